The minimum Gasteiger partial charge on any atom is -0.409 e. The molecule has 0 amide bonds. The van der Waals surface area contributed by atoms with Gasteiger partial charge in [0.15, 0.2) is 5.84 Å². The van der Waals surface area contributed by atoms with Crippen molar-refractivity contribution in [2.45, 2.75) is 32.4 Å². The van der Waals surface area contributed by atoms with Gasteiger partial charge in [0.05, 0.1) is 0 Å². The number of likely N-dealkylation sites (tertiary alicyclic amines) is 1. The number of hydrogen-bond donors (Lipinski definition) is 2. The van der Waals surface area contributed by atoms with E-state index in [2.05, 4.69) is 28.9 Å². The molecule has 0 radical (unpaired) electrons. The van der Waals surface area contributed by atoms with Crippen molar-refractivity contribution in [2.75, 3.05) is 26.7 Å². The van der Waals surface area contributed by atoms with Crippen LogP contribution in [0.5, 0.6) is 0 Å². The van der Waals surface area contributed by atoms with E-state index in [-0.39, 0.29) is 5.84 Å². The van der Waals surface area contributed by atoms with Crippen molar-refractivity contribution in [3.05, 3.63) is 35.4 Å². The number of nitrogens with zero attached hydrogens (tertiary/aromatic N) is 3. The number of rotatable bonds is 5. The molecule has 1 aliphatic heterocycles. The van der Waals surface area contributed by atoms with Crippen LogP contribution in [0.4, 0.5) is 0 Å². The lowest BCUT2D eigenvalue weighted by atomic mass is 10.0. The first-order valence-electron chi connectivity index (χ1n) is 7.64. The Morgan fingerprint density at radius 2 is 2.05 bits per heavy atom. The second-order valence-electron chi connectivity index (χ2n) is 5.72. The van der Waals surface area contributed by atoms with Crippen LogP contribution in [0, 0.1) is 0 Å². The summed E-state index contributed by atoms with van der Waals surface area (Å²) in [6, 6.07) is 8.46. The van der Waals surface area contributed by atoms with E-state index in [0.29, 0.717) is 6.04 Å². The first-order valence-corrected chi connectivity index (χ1v) is 7.64. The lowest BCUT2D eigenvalue weighted by Gasteiger charge is -2.36. The first kappa shape index (κ1) is 15.8. The number of amidine groups is 1. The fourth-order valence-corrected chi connectivity index (χ4v) is 3.04. The zero-order valence-corrected chi connectivity index (χ0v) is 13.0. The number of benzene rings is 1. The molecule has 2 rings (SSSR count). The van der Waals surface area contributed by atoms with Crippen molar-refractivity contribution < 1.29 is 5.21 Å². The molecule has 0 unspecified atom stereocenters. The molecule has 1 heterocycles. The van der Waals surface area contributed by atoms with Gasteiger partial charge in [-0.2, -0.15) is 0 Å². The predicted molar refractivity (Wildman–Crippen MR) is 85.6 cm³/mol. The molecule has 1 saturated heterocycles. The Labute approximate surface area is 127 Å². The highest BCUT2D eigenvalue weighted by Gasteiger charge is 2.22. The van der Waals surface area contributed by atoms with E-state index in [0.717, 1.165) is 24.2 Å². The summed E-state index contributed by atoms with van der Waals surface area (Å²) in [6.07, 6.45) is 2.41. The van der Waals surface area contributed by atoms with Crippen molar-refractivity contribution >= 4 is 5.84 Å². The second kappa shape index (κ2) is 7.43. The van der Waals surface area contributed by atoms with Crippen molar-refractivity contribution in [1.29, 1.82) is 0 Å². The molecular weight excluding hydrogens is 264 g/mol. The molecule has 1 aromatic rings. The van der Waals surface area contributed by atoms with Gasteiger partial charge in [-0.15, -0.1) is 0 Å². The minimum atomic E-state index is 0.180. The zero-order chi connectivity index (χ0) is 15.2. The number of oxime groups is 1. The van der Waals surface area contributed by atoms with Gasteiger partial charge < -0.3 is 15.8 Å². The third-order valence-corrected chi connectivity index (χ3v) is 4.45. The molecule has 0 aromatic heterocycles. The Morgan fingerprint density at radius 1 is 1.38 bits per heavy atom. The molecule has 0 bridgehead atoms. The van der Waals surface area contributed by atoms with E-state index in [4.69, 9.17) is 10.9 Å². The van der Waals surface area contributed by atoms with Crippen LogP contribution >= 0.6 is 0 Å². The van der Waals surface area contributed by atoms with E-state index in [1.54, 1.807) is 0 Å². The number of piperidine rings is 1. The van der Waals surface area contributed by atoms with Crippen LogP contribution in [0.2, 0.25) is 0 Å². The maximum Gasteiger partial charge on any atom is 0.170 e. The summed E-state index contributed by atoms with van der Waals surface area (Å²) in [7, 11) is 2.16. The third kappa shape index (κ3) is 3.95. The number of nitrogens with two attached hydrogens (primary N) is 1. The summed E-state index contributed by atoms with van der Waals surface area (Å²) in [4.78, 5) is 4.88. The summed E-state index contributed by atoms with van der Waals surface area (Å²) in [5.41, 5.74) is 7.68. The molecule has 1 aliphatic rings. The molecule has 1 fully saturated rings. The molecule has 3 N–H and O–H groups in total. The second-order valence-corrected chi connectivity index (χ2v) is 5.72. The quantitative estimate of drug-likeness (QED) is 0.375. The molecular formula is C16H26N4O. The van der Waals surface area contributed by atoms with Gasteiger partial charge in [0.25, 0.3) is 0 Å². The largest absolute Gasteiger partial charge is 0.409 e. The molecule has 0 aliphatic carbocycles. The van der Waals surface area contributed by atoms with Gasteiger partial charge >= 0.3 is 0 Å². The van der Waals surface area contributed by atoms with Gasteiger partial charge in [-0.25, -0.2) is 0 Å². The van der Waals surface area contributed by atoms with Crippen LogP contribution in [-0.4, -0.2) is 53.6 Å². The van der Waals surface area contributed by atoms with Gasteiger partial charge in [-0.3, -0.25) is 4.90 Å². The molecule has 1 aromatic carbocycles. The Bertz CT molecular complexity index is 481. The maximum absolute atomic E-state index is 8.90. The van der Waals surface area contributed by atoms with E-state index >= 15 is 0 Å². The van der Waals surface area contributed by atoms with Crippen LogP contribution in [0.15, 0.2) is 29.4 Å². The van der Waals surface area contributed by atoms with Crippen molar-refractivity contribution in [3.63, 3.8) is 0 Å². The summed E-state index contributed by atoms with van der Waals surface area (Å²) < 4.78 is 0. The normalized spacial score (nSPS) is 18.3. The standard InChI is InChI=1S/C16H26N4O/c1-3-20-10-8-14(9-11-20)19(2)12-13-6-4-5-7-15(13)16(17)18-21/h4-7,14,21H,3,8-12H2,1-2H3,(H2,17,18). The summed E-state index contributed by atoms with van der Waals surface area (Å²) in [5, 5.41) is 12.0. The molecule has 21 heavy (non-hydrogen) atoms. The molecule has 0 atom stereocenters. The Kier molecular flexibility index (Phi) is 5.59. The van der Waals surface area contributed by atoms with Crippen LogP contribution < -0.4 is 5.73 Å². The van der Waals surface area contributed by atoms with E-state index in [1.165, 1.54) is 25.9 Å². The highest BCUT2D eigenvalue weighted by Crippen LogP contribution is 2.19. The Hall–Kier alpha value is -1.59. The molecule has 116 valence electrons. The van der Waals surface area contributed by atoms with Gasteiger partial charge in [0, 0.05) is 18.2 Å². The average Bonchev–Trinajstić information content (AvgIpc) is 2.54. The fourth-order valence-electron chi connectivity index (χ4n) is 3.04. The van der Waals surface area contributed by atoms with Crippen LogP contribution in [0.25, 0.3) is 0 Å². The van der Waals surface area contributed by atoms with Crippen molar-refractivity contribution in [2.24, 2.45) is 10.9 Å². The minimum absolute atomic E-state index is 0.180. The lowest BCUT2D eigenvalue weighted by molar-refractivity contribution is 0.127. The van der Waals surface area contributed by atoms with Crippen LogP contribution in [0.1, 0.15) is 30.9 Å². The van der Waals surface area contributed by atoms with E-state index < -0.39 is 0 Å². The lowest BCUT2D eigenvalue weighted by Crippen LogP contribution is -2.43. The van der Waals surface area contributed by atoms with E-state index in [1.807, 2.05) is 24.3 Å². The van der Waals surface area contributed by atoms with Gasteiger partial charge in [0.2, 0.25) is 0 Å². The van der Waals surface area contributed by atoms with Crippen molar-refractivity contribution in [3.8, 4) is 0 Å². The molecule has 0 saturated carbocycles. The monoisotopic (exact) mass is 290 g/mol. The highest BCUT2D eigenvalue weighted by molar-refractivity contribution is 5.98. The highest BCUT2D eigenvalue weighted by atomic mass is 16.4. The zero-order valence-electron chi connectivity index (χ0n) is 13.0. The van der Waals surface area contributed by atoms with Gasteiger partial charge in [0.1, 0.15) is 0 Å². The maximum atomic E-state index is 8.90. The molecule has 5 heteroatoms. The summed E-state index contributed by atoms with van der Waals surface area (Å²) in [6.45, 7) is 6.53. The fraction of sp³-hybridized carbons (Fsp3) is 0.562. The van der Waals surface area contributed by atoms with Crippen molar-refractivity contribution in [1.82, 2.24) is 9.80 Å². The summed E-state index contributed by atoms with van der Waals surface area (Å²) >= 11 is 0. The van der Waals surface area contributed by atoms with Crippen LogP contribution in [0.3, 0.4) is 0 Å². The topological polar surface area (TPSA) is 65.1 Å². The SMILES string of the molecule is CCN1CCC(N(C)Cc2ccccc2C(N)=NO)CC1. The Balaban J connectivity index is 2.02. The van der Waals surface area contributed by atoms with E-state index in [9.17, 15) is 0 Å². The summed E-state index contributed by atoms with van der Waals surface area (Å²) in [5.74, 6) is 0.180. The van der Waals surface area contributed by atoms with Gasteiger partial charge in [-0.1, -0.05) is 36.3 Å². The Morgan fingerprint density at radius 3 is 2.67 bits per heavy atom. The molecule has 0 spiro atoms. The molecule has 5 nitrogen and oxygen atoms in total. The third-order valence-electron chi connectivity index (χ3n) is 4.45. The smallest absolute Gasteiger partial charge is 0.170 e. The predicted octanol–water partition coefficient (Wildman–Crippen LogP) is 1.70. The number of hydrogen-bond acceptors (Lipinski definition) is 4. The van der Waals surface area contributed by atoms with Crippen LogP contribution in [-0.2, 0) is 6.54 Å². The van der Waals surface area contributed by atoms with Gasteiger partial charge in [-0.05, 0) is 45.1 Å². The first-order chi connectivity index (χ1) is 10.2. The average molecular weight is 290 g/mol.